The van der Waals surface area contributed by atoms with Crippen molar-refractivity contribution in [3.8, 4) is 28.6 Å². The second-order valence-electron chi connectivity index (χ2n) is 11.6. The molecule has 212 valence electrons. The first kappa shape index (κ1) is 27.0. The van der Waals surface area contributed by atoms with E-state index >= 15 is 8.78 Å². The lowest BCUT2D eigenvalue weighted by molar-refractivity contribution is 0.241. The summed E-state index contributed by atoms with van der Waals surface area (Å²) in [6.07, 6.45) is 4.03. The first-order valence-corrected chi connectivity index (χ1v) is 13.5. The molecule has 3 heterocycles. The number of imidazole rings is 1. The number of halogens is 3. The van der Waals surface area contributed by atoms with Gasteiger partial charge >= 0.3 is 0 Å². The Morgan fingerprint density at radius 2 is 1.85 bits per heavy atom. The van der Waals surface area contributed by atoms with Crippen LogP contribution in [0.1, 0.15) is 50.9 Å². The fraction of sp³-hybridized carbons (Fsp3) is 0.281. The lowest BCUT2D eigenvalue weighted by Crippen LogP contribution is -2.35. The molecule has 9 heteroatoms. The van der Waals surface area contributed by atoms with Crippen LogP contribution >= 0.6 is 0 Å². The molecule has 0 fully saturated rings. The molecule has 0 amide bonds. The van der Waals surface area contributed by atoms with Crippen LogP contribution in [0.3, 0.4) is 0 Å². The Bertz CT molecular complexity index is 1750. The van der Waals surface area contributed by atoms with Crippen LogP contribution in [0.4, 0.5) is 13.2 Å². The minimum Gasteiger partial charge on any atom is -0.493 e. The molecule has 6 nitrogen and oxygen atoms in total. The zero-order valence-corrected chi connectivity index (χ0v) is 23.3. The molecule has 1 atom stereocenters. The van der Waals surface area contributed by atoms with E-state index in [4.69, 9.17) is 14.5 Å². The van der Waals surface area contributed by atoms with Crippen LogP contribution in [-0.2, 0) is 12.0 Å². The van der Waals surface area contributed by atoms with Gasteiger partial charge in [-0.25, -0.2) is 13.8 Å². The van der Waals surface area contributed by atoms with E-state index in [1.54, 1.807) is 18.5 Å². The molecule has 0 radical (unpaired) electrons. The highest BCUT2D eigenvalue weighted by Crippen LogP contribution is 2.43. The number of hydrogen-bond acceptors (Lipinski definition) is 4. The summed E-state index contributed by atoms with van der Waals surface area (Å²) in [7, 11) is 0. The maximum Gasteiger partial charge on any atom is 0.203 e. The van der Waals surface area contributed by atoms with E-state index in [2.05, 4.69) is 22.2 Å². The Morgan fingerprint density at radius 3 is 2.66 bits per heavy atom. The summed E-state index contributed by atoms with van der Waals surface area (Å²) < 4.78 is 57.3. The van der Waals surface area contributed by atoms with Crippen molar-refractivity contribution in [2.45, 2.75) is 51.6 Å². The highest BCUT2D eigenvalue weighted by atomic mass is 19.2. The predicted octanol–water partition coefficient (Wildman–Crippen LogP) is 7.74. The van der Waals surface area contributed by atoms with Gasteiger partial charge in [0.2, 0.25) is 5.82 Å². The Kier molecular flexibility index (Phi) is 6.57. The maximum atomic E-state index is 15.4. The Balaban J connectivity index is 1.37. The van der Waals surface area contributed by atoms with Gasteiger partial charge < -0.3 is 24.8 Å². The van der Waals surface area contributed by atoms with E-state index in [0.717, 1.165) is 17.0 Å². The molecule has 5 aromatic rings. The first-order chi connectivity index (χ1) is 19.5. The van der Waals surface area contributed by atoms with Crippen LogP contribution < -0.4 is 14.8 Å². The highest BCUT2D eigenvalue weighted by Gasteiger charge is 2.37. The van der Waals surface area contributed by atoms with Crippen molar-refractivity contribution in [2.24, 2.45) is 0 Å². The monoisotopic (exact) mass is 560 g/mol. The zero-order chi connectivity index (χ0) is 28.9. The third kappa shape index (κ3) is 4.84. The van der Waals surface area contributed by atoms with Crippen molar-refractivity contribution < 1.29 is 22.6 Å². The maximum absolute atomic E-state index is 15.4. The molecular formula is C32H31F3N4O2. The smallest absolute Gasteiger partial charge is 0.203 e. The van der Waals surface area contributed by atoms with Gasteiger partial charge in [0, 0.05) is 46.4 Å². The van der Waals surface area contributed by atoms with Gasteiger partial charge in [-0.3, -0.25) is 0 Å². The lowest BCUT2D eigenvalue weighted by atomic mass is 9.75. The number of hydrogen-bond donors (Lipinski definition) is 3. The molecule has 0 aliphatic carbocycles. The van der Waals surface area contributed by atoms with Crippen molar-refractivity contribution in [1.82, 2.24) is 20.3 Å². The first-order valence-electron chi connectivity index (χ1n) is 13.5. The highest BCUT2D eigenvalue weighted by molar-refractivity contribution is 5.86. The van der Waals surface area contributed by atoms with Gasteiger partial charge in [0.1, 0.15) is 23.1 Å². The van der Waals surface area contributed by atoms with E-state index in [0.29, 0.717) is 29.8 Å². The van der Waals surface area contributed by atoms with Gasteiger partial charge in [-0.2, -0.15) is 4.39 Å². The molecule has 1 unspecified atom stereocenters. The minimum absolute atomic E-state index is 0.0617. The number of aromatic amines is 2. The number of H-pyrrole nitrogens is 2. The number of nitrogens with one attached hydrogen (secondary N) is 3. The van der Waals surface area contributed by atoms with Crippen molar-refractivity contribution in [3.05, 3.63) is 95.2 Å². The van der Waals surface area contributed by atoms with E-state index < -0.39 is 22.9 Å². The molecule has 1 aliphatic rings. The molecule has 2 aromatic heterocycles. The summed E-state index contributed by atoms with van der Waals surface area (Å²) in [5.74, 6) is -1.69. The third-order valence-electron chi connectivity index (χ3n) is 7.65. The van der Waals surface area contributed by atoms with Crippen LogP contribution in [0.25, 0.3) is 22.3 Å². The van der Waals surface area contributed by atoms with Gasteiger partial charge in [-0.15, -0.1) is 0 Å². The molecule has 6 rings (SSSR count). The predicted molar refractivity (Wildman–Crippen MR) is 152 cm³/mol. The average Bonchev–Trinajstić information content (AvgIpc) is 3.63. The van der Waals surface area contributed by atoms with Gasteiger partial charge in [0.05, 0.1) is 23.4 Å². The number of para-hydroxylation sites is 1. The molecule has 0 saturated carbocycles. The molecule has 41 heavy (non-hydrogen) atoms. The molecule has 0 bridgehead atoms. The number of nitrogens with zero attached hydrogens (tertiary/aromatic N) is 1. The van der Waals surface area contributed by atoms with Gasteiger partial charge in [0.25, 0.3) is 0 Å². The molecule has 0 saturated heterocycles. The quantitative estimate of drug-likeness (QED) is 0.199. The van der Waals surface area contributed by atoms with Gasteiger partial charge in [-0.05, 0) is 64.4 Å². The van der Waals surface area contributed by atoms with E-state index in [-0.39, 0.29) is 34.7 Å². The van der Waals surface area contributed by atoms with Crippen molar-refractivity contribution >= 4 is 10.9 Å². The number of fused-ring (bicyclic) bond motifs is 2. The average molecular weight is 561 g/mol. The number of aromatic nitrogens is 3. The number of rotatable bonds is 6. The molecule has 3 aromatic carbocycles. The summed E-state index contributed by atoms with van der Waals surface area (Å²) in [6, 6.07) is 13.6. The van der Waals surface area contributed by atoms with Crippen molar-refractivity contribution in [2.75, 3.05) is 6.61 Å². The fourth-order valence-corrected chi connectivity index (χ4v) is 5.33. The standard InChI is InChI=1S/C32H31F3N4O2/c1-31(2,3)38-16-21-19-11-13-36-28(19)26(34)27(35)29(21)41-18-9-10-23(33)20(15-18)30-37-17-25(39-30)32(4)12-14-40-24-8-6-5-7-22(24)32/h5-11,13,15,17,36,38H,12,14,16H2,1-4H3,(H,37,39). The summed E-state index contributed by atoms with van der Waals surface area (Å²) in [4.78, 5) is 10.6. The van der Waals surface area contributed by atoms with Crippen molar-refractivity contribution in [1.29, 1.82) is 0 Å². The SMILES string of the molecule is CC(C)(C)NCc1c(Oc2ccc(F)c(-c3nc(C4(C)CCOc5ccccc54)c[nH]3)c2)c(F)c(F)c2[nH]ccc12. The largest absolute Gasteiger partial charge is 0.493 e. The second kappa shape index (κ2) is 9.99. The van der Waals surface area contributed by atoms with Gasteiger partial charge in [-0.1, -0.05) is 18.2 Å². The van der Waals surface area contributed by atoms with Gasteiger partial charge in [0.15, 0.2) is 11.6 Å². The van der Waals surface area contributed by atoms with Crippen molar-refractivity contribution in [3.63, 3.8) is 0 Å². The van der Waals surface area contributed by atoms with Crippen LogP contribution in [0.2, 0.25) is 0 Å². The Labute approximate surface area is 235 Å². The summed E-state index contributed by atoms with van der Waals surface area (Å²) >= 11 is 0. The van der Waals surface area contributed by atoms with Crippen LogP contribution in [-0.4, -0.2) is 27.1 Å². The summed E-state index contributed by atoms with van der Waals surface area (Å²) in [6.45, 7) is 8.78. The molecular weight excluding hydrogens is 529 g/mol. The number of benzene rings is 3. The Hall–Kier alpha value is -4.24. The number of ether oxygens (including phenoxy) is 2. The zero-order valence-electron chi connectivity index (χ0n) is 23.3. The van der Waals surface area contributed by atoms with E-state index in [9.17, 15) is 4.39 Å². The molecule has 0 spiro atoms. The topological polar surface area (TPSA) is 75.0 Å². The Morgan fingerprint density at radius 1 is 1.05 bits per heavy atom. The summed E-state index contributed by atoms with van der Waals surface area (Å²) in [5.41, 5.74) is 1.70. The second-order valence-corrected chi connectivity index (χ2v) is 11.6. The lowest BCUT2D eigenvalue weighted by Gasteiger charge is -2.34. The van der Waals surface area contributed by atoms with E-state index in [1.165, 1.54) is 18.2 Å². The van der Waals surface area contributed by atoms with Crippen LogP contribution in [0.5, 0.6) is 17.2 Å². The van der Waals surface area contributed by atoms with E-state index in [1.807, 2.05) is 45.0 Å². The molecule has 1 aliphatic heterocycles. The molecule has 3 N–H and O–H groups in total. The minimum atomic E-state index is -1.12. The normalized spacial score (nSPS) is 17.0. The van der Waals surface area contributed by atoms with Crippen LogP contribution in [0.15, 0.2) is 60.9 Å². The van der Waals surface area contributed by atoms with Crippen LogP contribution in [0, 0.1) is 17.5 Å². The third-order valence-corrected chi connectivity index (χ3v) is 7.65. The summed E-state index contributed by atoms with van der Waals surface area (Å²) in [5, 5.41) is 3.82. The fourth-order valence-electron chi connectivity index (χ4n) is 5.33.